The van der Waals surface area contributed by atoms with Crippen LogP contribution in [0.4, 0.5) is 0 Å². The molecule has 1 saturated heterocycles. The highest BCUT2D eigenvalue weighted by Gasteiger charge is 2.33. The van der Waals surface area contributed by atoms with Crippen molar-refractivity contribution in [2.45, 2.75) is 12.5 Å². The standard InChI is InChI=1S/C15H21N3O2/c1-17(2)10-8-13(19)18-11-9-16-15(20)14(18)12-6-4-3-5-7-12/h3-7,14H,8-11H2,1-2H3,(H,16,20). The maximum absolute atomic E-state index is 12.4. The molecular weight excluding hydrogens is 254 g/mol. The molecule has 1 heterocycles. The summed E-state index contributed by atoms with van der Waals surface area (Å²) < 4.78 is 0. The molecule has 0 bridgehead atoms. The minimum atomic E-state index is -0.500. The van der Waals surface area contributed by atoms with Crippen LogP contribution in [-0.2, 0) is 9.59 Å². The number of rotatable bonds is 4. The van der Waals surface area contributed by atoms with E-state index in [0.29, 0.717) is 26.1 Å². The molecule has 0 aliphatic carbocycles. The molecule has 0 spiro atoms. The fourth-order valence-electron chi connectivity index (χ4n) is 2.37. The van der Waals surface area contributed by atoms with Crippen LogP contribution in [0, 0.1) is 0 Å². The minimum Gasteiger partial charge on any atom is -0.352 e. The van der Waals surface area contributed by atoms with Gasteiger partial charge in [-0.15, -0.1) is 0 Å². The van der Waals surface area contributed by atoms with E-state index in [2.05, 4.69) is 5.32 Å². The van der Waals surface area contributed by atoms with Gasteiger partial charge in [0.15, 0.2) is 0 Å². The van der Waals surface area contributed by atoms with Crippen LogP contribution in [0.5, 0.6) is 0 Å². The summed E-state index contributed by atoms with van der Waals surface area (Å²) in [7, 11) is 3.87. The van der Waals surface area contributed by atoms with Gasteiger partial charge in [-0.25, -0.2) is 0 Å². The zero-order valence-corrected chi connectivity index (χ0v) is 12.0. The lowest BCUT2D eigenvalue weighted by atomic mass is 10.0. The Bertz CT molecular complexity index is 473. The molecule has 0 radical (unpaired) electrons. The second kappa shape index (κ2) is 6.52. The molecule has 1 atom stereocenters. The SMILES string of the molecule is CN(C)CCC(=O)N1CCNC(=O)C1c1ccccc1. The van der Waals surface area contributed by atoms with Gasteiger partial charge in [0, 0.05) is 26.1 Å². The predicted molar refractivity (Wildman–Crippen MR) is 77.1 cm³/mol. The normalized spacial score (nSPS) is 19.1. The molecule has 1 aliphatic rings. The van der Waals surface area contributed by atoms with Gasteiger partial charge in [0.25, 0.3) is 0 Å². The van der Waals surface area contributed by atoms with Crippen molar-refractivity contribution in [1.29, 1.82) is 0 Å². The first-order chi connectivity index (χ1) is 9.59. The number of benzene rings is 1. The van der Waals surface area contributed by atoms with Gasteiger partial charge in [-0.1, -0.05) is 30.3 Å². The largest absolute Gasteiger partial charge is 0.352 e. The Labute approximate surface area is 119 Å². The minimum absolute atomic E-state index is 0.0300. The van der Waals surface area contributed by atoms with Gasteiger partial charge in [-0.3, -0.25) is 9.59 Å². The van der Waals surface area contributed by atoms with E-state index in [9.17, 15) is 9.59 Å². The Morgan fingerprint density at radius 3 is 2.70 bits per heavy atom. The van der Waals surface area contributed by atoms with E-state index >= 15 is 0 Å². The molecule has 2 amide bonds. The number of carbonyl (C=O) groups is 2. The van der Waals surface area contributed by atoms with Gasteiger partial charge in [-0.05, 0) is 19.7 Å². The molecule has 1 N–H and O–H groups in total. The van der Waals surface area contributed by atoms with Crippen molar-refractivity contribution in [2.75, 3.05) is 33.7 Å². The smallest absolute Gasteiger partial charge is 0.247 e. The van der Waals surface area contributed by atoms with E-state index in [1.807, 2.05) is 49.3 Å². The Balaban J connectivity index is 2.16. The zero-order valence-electron chi connectivity index (χ0n) is 12.0. The molecule has 1 aromatic carbocycles. The average Bonchev–Trinajstić information content (AvgIpc) is 2.45. The third kappa shape index (κ3) is 3.36. The molecule has 0 aromatic heterocycles. The second-order valence-corrected chi connectivity index (χ2v) is 5.24. The zero-order chi connectivity index (χ0) is 14.5. The van der Waals surface area contributed by atoms with Crippen LogP contribution < -0.4 is 5.32 Å². The Kier molecular flexibility index (Phi) is 4.74. The summed E-state index contributed by atoms with van der Waals surface area (Å²) in [5, 5.41) is 2.84. The van der Waals surface area contributed by atoms with E-state index < -0.39 is 6.04 Å². The molecule has 108 valence electrons. The number of carbonyl (C=O) groups excluding carboxylic acids is 2. The average molecular weight is 275 g/mol. The third-order valence-corrected chi connectivity index (χ3v) is 3.42. The lowest BCUT2D eigenvalue weighted by Gasteiger charge is -2.35. The van der Waals surface area contributed by atoms with E-state index in [0.717, 1.165) is 5.56 Å². The fraction of sp³-hybridized carbons (Fsp3) is 0.467. The maximum Gasteiger partial charge on any atom is 0.247 e. The van der Waals surface area contributed by atoms with E-state index in [1.54, 1.807) is 4.90 Å². The van der Waals surface area contributed by atoms with Crippen molar-refractivity contribution < 1.29 is 9.59 Å². The third-order valence-electron chi connectivity index (χ3n) is 3.42. The summed E-state index contributed by atoms with van der Waals surface area (Å²) in [5.74, 6) is -0.0666. The summed E-state index contributed by atoms with van der Waals surface area (Å²) in [6, 6.07) is 8.96. The highest BCUT2D eigenvalue weighted by atomic mass is 16.2. The van der Waals surface area contributed by atoms with E-state index in [1.165, 1.54) is 0 Å². The van der Waals surface area contributed by atoms with Crippen LogP contribution in [0.15, 0.2) is 30.3 Å². The lowest BCUT2D eigenvalue weighted by molar-refractivity contribution is -0.143. The topological polar surface area (TPSA) is 52.7 Å². The molecule has 5 nitrogen and oxygen atoms in total. The molecular formula is C15H21N3O2. The lowest BCUT2D eigenvalue weighted by Crippen LogP contribution is -2.52. The number of amides is 2. The van der Waals surface area contributed by atoms with Gasteiger partial charge >= 0.3 is 0 Å². The van der Waals surface area contributed by atoms with Crippen LogP contribution in [0.3, 0.4) is 0 Å². The fourth-order valence-corrected chi connectivity index (χ4v) is 2.37. The summed E-state index contributed by atoms with van der Waals surface area (Å²) in [6.45, 7) is 1.78. The number of hydrogen-bond acceptors (Lipinski definition) is 3. The molecule has 0 saturated carbocycles. The first-order valence-electron chi connectivity index (χ1n) is 6.86. The van der Waals surface area contributed by atoms with Gasteiger partial charge < -0.3 is 15.1 Å². The Morgan fingerprint density at radius 2 is 2.05 bits per heavy atom. The maximum atomic E-state index is 12.4. The van der Waals surface area contributed by atoms with Crippen molar-refractivity contribution in [3.63, 3.8) is 0 Å². The highest BCUT2D eigenvalue weighted by molar-refractivity contribution is 5.89. The van der Waals surface area contributed by atoms with Crippen LogP contribution >= 0.6 is 0 Å². The Morgan fingerprint density at radius 1 is 1.35 bits per heavy atom. The number of nitrogens with one attached hydrogen (secondary N) is 1. The monoisotopic (exact) mass is 275 g/mol. The molecule has 1 aromatic rings. The number of hydrogen-bond donors (Lipinski definition) is 1. The van der Waals surface area contributed by atoms with Gasteiger partial charge in [0.2, 0.25) is 11.8 Å². The summed E-state index contributed by atoms with van der Waals surface area (Å²) in [5.41, 5.74) is 0.864. The van der Waals surface area contributed by atoms with Gasteiger partial charge in [0.05, 0.1) is 0 Å². The van der Waals surface area contributed by atoms with E-state index in [-0.39, 0.29) is 11.8 Å². The summed E-state index contributed by atoms with van der Waals surface area (Å²) in [6.07, 6.45) is 0.434. The predicted octanol–water partition coefficient (Wildman–Crippen LogP) is 0.638. The van der Waals surface area contributed by atoms with Crippen molar-refractivity contribution in [1.82, 2.24) is 15.1 Å². The second-order valence-electron chi connectivity index (χ2n) is 5.24. The Hall–Kier alpha value is -1.88. The van der Waals surface area contributed by atoms with Crippen molar-refractivity contribution >= 4 is 11.8 Å². The molecule has 2 rings (SSSR count). The summed E-state index contributed by atoms with van der Waals surface area (Å²) in [4.78, 5) is 28.1. The number of piperazine rings is 1. The quantitative estimate of drug-likeness (QED) is 0.877. The molecule has 1 fully saturated rings. The highest BCUT2D eigenvalue weighted by Crippen LogP contribution is 2.23. The molecule has 1 unspecified atom stereocenters. The van der Waals surface area contributed by atoms with Crippen molar-refractivity contribution in [2.24, 2.45) is 0 Å². The van der Waals surface area contributed by atoms with Crippen LogP contribution in [0.25, 0.3) is 0 Å². The van der Waals surface area contributed by atoms with Crippen LogP contribution in [0.1, 0.15) is 18.0 Å². The van der Waals surface area contributed by atoms with Crippen molar-refractivity contribution in [3.8, 4) is 0 Å². The van der Waals surface area contributed by atoms with Gasteiger partial charge in [-0.2, -0.15) is 0 Å². The number of nitrogens with zero attached hydrogens (tertiary/aromatic N) is 2. The van der Waals surface area contributed by atoms with Gasteiger partial charge in [0.1, 0.15) is 6.04 Å². The molecule has 20 heavy (non-hydrogen) atoms. The molecule has 5 heteroatoms. The van der Waals surface area contributed by atoms with Crippen LogP contribution in [0.2, 0.25) is 0 Å². The van der Waals surface area contributed by atoms with E-state index in [4.69, 9.17) is 0 Å². The van der Waals surface area contributed by atoms with Crippen molar-refractivity contribution in [3.05, 3.63) is 35.9 Å². The molecule has 1 aliphatic heterocycles. The first-order valence-corrected chi connectivity index (χ1v) is 6.86. The first kappa shape index (κ1) is 14.5. The van der Waals surface area contributed by atoms with Crippen LogP contribution in [-0.4, -0.2) is 55.3 Å². The summed E-state index contributed by atoms with van der Waals surface area (Å²) >= 11 is 0.